The third-order valence-electron chi connectivity index (χ3n) is 2.54. The summed E-state index contributed by atoms with van der Waals surface area (Å²) >= 11 is 0. The minimum atomic E-state index is 0.0355. The third-order valence-corrected chi connectivity index (χ3v) is 2.54. The average molecular weight is 216 g/mol. The molecule has 0 radical (unpaired) electrons. The summed E-state index contributed by atoms with van der Waals surface area (Å²) in [5.74, 6) is 2.70. The summed E-state index contributed by atoms with van der Waals surface area (Å²) in [6, 6.07) is 8.24. The smallest absolute Gasteiger partial charge is 0.0791 e. The van der Waals surface area contributed by atoms with Crippen LogP contribution in [0.1, 0.15) is 31.9 Å². The molecule has 0 bridgehead atoms. The second-order valence-electron chi connectivity index (χ2n) is 3.97. The van der Waals surface area contributed by atoms with Gasteiger partial charge in [0.05, 0.1) is 6.54 Å². The van der Waals surface area contributed by atoms with E-state index >= 15 is 0 Å². The molecule has 1 aromatic rings. The van der Waals surface area contributed by atoms with Crippen molar-refractivity contribution in [1.82, 2.24) is 0 Å². The standard InChI is InChI=1S/C14H20N2/c1-4-10-16(11-5-2)14-9-7-6-8-13(14)12(3)15/h1,6-9,12H,5,10-11,15H2,2-3H3/t12-/m1/s1. The molecule has 1 aromatic carbocycles. The number of para-hydroxylation sites is 1. The molecule has 0 fully saturated rings. The number of anilines is 1. The van der Waals surface area contributed by atoms with Crippen molar-refractivity contribution in [2.45, 2.75) is 26.3 Å². The minimum absolute atomic E-state index is 0.0355. The summed E-state index contributed by atoms with van der Waals surface area (Å²) in [7, 11) is 0. The van der Waals surface area contributed by atoms with Crippen LogP contribution in [0.15, 0.2) is 24.3 Å². The van der Waals surface area contributed by atoms with Crippen LogP contribution in [0.25, 0.3) is 0 Å². The maximum Gasteiger partial charge on any atom is 0.0791 e. The number of nitrogens with two attached hydrogens (primary N) is 1. The predicted octanol–water partition coefficient (Wildman–Crippen LogP) is 2.56. The number of terminal acetylenes is 1. The molecule has 0 unspecified atom stereocenters. The van der Waals surface area contributed by atoms with E-state index in [1.54, 1.807) is 0 Å². The van der Waals surface area contributed by atoms with Crippen molar-refractivity contribution in [3.05, 3.63) is 29.8 Å². The molecule has 0 saturated heterocycles. The summed E-state index contributed by atoms with van der Waals surface area (Å²) in [5.41, 5.74) is 8.29. The first-order valence-corrected chi connectivity index (χ1v) is 5.73. The summed E-state index contributed by atoms with van der Waals surface area (Å²) < 4.78 is 0. The van der Waals surface area contributed by atoms with Gasteiger partial charge in [0.2, 0.25) is 0 Å². The fourth-order valence-electron chi connectivity index (χ4n) is 1.83. The molecule has 1 rings (SSSR count). The number of benzene rings is 1. The van der Waals surface area contributed by atoms with Gasteiger partial charge in [0, 0.05) is 18.3 Å². The van der Waals surface area contributed by atoms with Crippen molar-refractivity contribution >= 4 is 5.69 Å². The molecule has 0 aliphatic rings. The highest BCUT2D eigenvalue weighted by molar-refractivity contribution is 5.55. The zero-order chi connectivity index (χ0) is 12.0. The lowest BCUT2D eigenvalue weighted by Gasteiger charge is -2.25. The fourth-order valence-corrected chi connectivity index (χ4v) is 1.83. The normalized spacial score (nSPS) is 11.9. The van der Waals surface area contributed by atoms with Crippen LogP contribution in [0.4, 0.5) is 5.69 Å². The lowest BCUT2D eigenvalue weighted by Crippen LogP contribution is -2.26. The Morgan fingerprint density at radius 3 is 2.69 bits per heavy atom. The van der Waals surface area contributed by atoms with E-state index in [4.69, 9.17) is 12.2 Å². The summed E-state index contributed by atoms with van der Waals surface area (Å²) in [5, 5.41) is 0. The molecule has 16 heavy (non-hydrogen) atoms. The molecule has 0 aliphatic carbocycles. The predicted molar refractivity (Wildman–Crippen MR) is 70.4 cm³/mol. The van der Waals surface area contributed by atoms with Crippen molar-refractivity contribution in [3.8, 4) is 12.3 Å². The first-order chi connectivity index (χ1) is 7.70. The second-order valence-corrected chi connectivity index (χ2v) is 3.97. The Morgan fingerprint density at radius 2 is 2.12 bits per heavy atom. The van der Waals surface area contributed by atoms with Gasteiger partial charge in [-0.3, -0.25) is 0 Å². The summed E-state index contributed by atoms with van der Waals surface area (Å²) in [4.78, 5) is 2.21. The quantitative estimate of drug-likeness (QED) is 0.766. The lowest BCUT2D eigenvalue weighted by molar-refractivity contribution is 0.778. The van der Waals surface area contributed by atoms with Crippen LogP contribution in [0, 0.1) is 12.3 Å². The van der Waals surface area contributed by atoms with Gasteiger partial charge < -0.3 is 10.6 Å². The van der Waals surface area contributed by atoms with Crippen LogP contribution in [0.2, 0.25) is 0 Å². The van der Waals surface area contributed by atoms with Gasteiger partial charge in [-0.15, -0.1) is 6.42 Å². The largest absolute Gasteiger partial charge is 0.360 e. The average Bonchev–Trinajstić information content (AvgIpc) is 2.29. The maximum absolute atomic E-state index is 5.97. The van der Waals surface area contributed by atoms with Gasteiger partial charge in [-0.2, -0.15) is 0 Å². The molecule has 2 N–H and O–H groups in total. The molecular weight excluding hydrogens is 196 g/mol. The lowest BCUT2D eigenvalue weighted by atomic mass is 10.1. The molecule has 0 saturated carbocycles. The highest BCUT2D eigenvalue weighted by atomic mass is 15.1. The monoisotopic (exact) mass is 216 g/mol. The zero-order valence-electron chi connectivity index (χ0n) is 10.1. The van der Waals surface area contributed by atoms with Gasteiger partial charge in [0.15, 0.2) is 0 Å². The van der Waals surface area contributed by atoms with E-state index in [0.717, 1.165) is 24.2 Å². The molecule has 2 heteroatoms. The summed E-state index contributed by atoms with van der Waals surface area (Å²) in [6.45, 7) is 5.75. The number of rotatable bonds is 5. The van der Waals surface area contributed by atoms with Gasteiger partial charge >= 0.3 is 0 Å². The van der Waals surface area contributed by atoms with Crippen molar-refractivity contribution in [3.63, 3.8) is 0 Å². The van der Waals surface area contributed by atoms with E-state index in [9.17, 15) is 0 Å². The molecule has 1 atom stereocenters. The van der Waals surface area contributed by atoms with E-state index < -0.39 is 0 Å². The van der Waals surface area contributed by atoms with Crippen molar-refractivity contribution < 1.29 is 0 Å². The molecular formula is C14H20N2. The maximum atomic E-state index is 5.97. The topological polar surface area (TPSA) is 29.3 Å². The van der Waals surface area contributed by atoms with Crippen LogP contribution in [0.3, 0.4) is 0 Å². The molecule has 0 aromatic heterocycles. The Balaban J connectivity index is 3.03. The Kier molecular flexibility index (Phi) is 4.88. The first-order valence-electron chi connectivity index (χ1n) is 5.73. The molecule has 0 aliphatic heterocycles. The SMILES string of the molecule is C#CCN(CCC)c1ccccc1[C@@H](C)N. The fraction of sp³-hybridized carbons (Fsp3) is 0.429. The molecule has 0 heterocycles. The highest BCUT2D eigenvalue weighted by Crippen LogP contribution is 2.24. The first kappa shape index (κ1) is 12.6. The molecule has 0 spiro atoms. The van der Waals surface area contributed by atoms with E-state index in [0.29, 0.717) is 6.54 Å². The molecule has 86 valence electrons. The molecule has 2 nitrogen and oxygen atoms in total. The van der Waals surface area contributed by atoms with Gasteiger partial charge in [-0.1, -0.05) is 31.0 Å². The van der Waals surface area contributed by atoms with Gasteiger partial charge in [0.25, 0.3) is 0 Å². The number of nitrogens with zero attached hydrogens (tertiary/aromatic N) is 1. The van der Waals surface area contributed by atoms with Crippen molar-refractivity contribution in [2.75, 3.05) is 18.0 Å². The van der Waals surface area contributed by atoms with Gasteiger partial charge in [-0.25, -0.2) is 0 Å². The van der Waals surface area contributed by atoms with Crippen LogP contribution < -0.4 is 10.6 Å². The van der Waals surface area contributed by atoms with Crippen LogP contribution in [0.5, 0.6) is 0 Å². The zero-order valence-corrected chi connectivity index (χ0v) is 10.1. The van der Waals surface area contributed by atoms with E-state index in [-0.39, 0.29) is 6.04 Å². The Labute approximate surface area is 98.4 Å². The van der Waals surface area contributed by atoms with Gasteiger partial charge in [-0.05, 0) is 25.0 Å². The van der Waals surface area contributed by atoms with E-state index in [1.165, 1.54) is 0 Å². The van der Waals surface area contributed by atoms with E-state index in [2.05, 4.69) is 29.9 Å². The number of hydrogen-bond acceptors (Lipinski definition) is 2. The minimum Gasteiger partial charge on any atom is -0.360 e. The molecule has 0 amide bonds. The van der Waals surface area contributed by atoms with Crippen LogP contribution in [-0.4, -0.2) is 13.1 Å². The van der Waals surface area contributed by atoms with Crippen LogP contribution in [-0.2, 0) is 0 Å². The Hall–Kier alpha value is -1.46. The van der Waals surface area contributed by atoms with Crippen molar-refractivity contribution in [1.29, 1.82) is 0 Å². The third kappa shape index (κ3) is 3.01. The number of hydrogen-bond donors (Lipinski definition) is 1. The second kappa shape index (κ2) is 6.19. The highest BCUT2D eigenvalue weighted by Gasteiger charge is 2.11. The van der Waals surface area contributed by atoms with Gasteiger partial charge in [0.1, 0.15) is 0 Å². The Morgan fingerprint density at radius 1 is 1.44 bits per heavy atom. The van der Waals surface area contributed by atoms with E-state index in [1.807, 2.05) is 19.1 Å². The Bertz CT molecular complexity index is 363. The summed E-state index contributed by atoms with van der Waals surface area (Å²) in [6.07, 6.45) is 6.48. The van der Waals surface area contributed by atoms with Crippen molar-refractivity contribution in [2.24, 2.45) is 5.73 Å². The van der Waals surface area contributed by atoms with Crippen LogP contribution >= 0.6 is 0 Å².